The number of carbonyl (C=O) groups excluding carboxylic acids is 1. The molecule has 3 nitrogen and oxygen atoms in total. The van der Waals surface area contributed by atoms with E-state index in [-0.39, 0.29) is 12.0 Å². The Morgan fingerprint density at radius 2 is 1.78 bits per heavy atom. The normalized spacial score (nSPS) is 22.2. The molecular formula is C16H16F4O3. The van der Waals surface area contributed by atoms with Crippen molar-refractivity contribution >= 4 is 5.97 Å². The third-order valence-corrected chi connectivity index (χ3v) is 4.15. The smallest absolute Gasteiger partial charge is 0.310 e. The highest BCUT2D eigenvalue weighted by molar-refractivity contribution is 5.78. The lowest BCUT2D eigenvalue weighted by molar-refractivity contribution is -0.147. The van der Waals surface area contributed by atoms with Crippen molar-refractivity contribution in [1.29, 1.82) is 0 Å². The maximum absolute atomic E-state index is 13.5. The molecule has 0 aromatic heterocycles. The maximum Gasteiger partial charge on any atom is 0.310 e. The number of hydrogen-bond donors (Lipinski definition) is 0. The number of esters is 1. The summed E-state index contributed by atoms with van der Waals surface area (Å²) >= 11 is 0. The molecule has 0 unspecified atom stereocenters. The third kappa shape index (κ3) is 3.18. The Morgan fingerprint density at radius 1 is 1.22 bits per heavy atom. The van der Waals surface area contributed by atoms with Crippen molar-refractivity contribution < 1.29 is 31.8 Å². The van der Waals surface area contributed by atoms with Crippen LogP contribution in [0.5, 0.6) is 0 Å². The zero-order valence-electron chi connectivity index (χ0n) is 12.8. The summed E-state index contributed by atoms with van der Waals surface area (Å²) in [4.78, 5) is 12.0. The molecule has 0 amide bonds. The van der Waals surface area contributed by atoms with E-state index in [1.54, 1.807) is 6.08 Å². The zero-order chi connectivity index (χ0) is 17.4. The minimum absolute atomic E-state index is 0.103. The molecule has 1 aliphatic rings. The quantitative estimate of drug-likeness (QED) is 0.357. The Kier molecular flexibility index (Phi) is 4.68. The maximum atomic E-state index is 13.5. The summed E-state index contributed by atoms with van der Waals surface area (Å²) in [5, 5.41) is 0. The molecule has 23 heavy (non-hydrogen) atoms. The monoisotopic (exact) mass is 332 g/mol. The third-order valence-electron chi connectivity index (χ3n) is 4.15. The van der Waals surface area contributed by atoms with Crippen LogP contribution in [0.2, 0.25) is 0 Å². The first-order valence-electron chi connectivity index (χ1n) is 6.89. The van der Waals surface area contributed by atoms with Crippen molar-refractivity contribution in [2.24, 2.45) is 17.3 Å². The molecule has 0 bridgehead atoms. The van der Waals surface area contributed by atoms with Crippen LogP contribution in [0.15, 0.2) is 18.4 Å². The molecule has 1 fully saturated rings. The number of hydrogen-bond acceptors (Lipinski definition) is 3. The van der Waals surface area contributed by atoms with Gasteiger partial charge in [-0.2, -0.15) is 0 Å². The number of halogens is 4. The van der Waals surface area contributed by atoms with Gasteiger partial charge in [-0.05, 0) is 17.4 Å². The predicted molar refractivity (Wildman–Crippen MR) is 73.0 cm³/mol. The van der Waals surface area contributed by atoms with Crippen LogP contribution < -0.4 is 0 Å². The fraction of sp³-hybridized carbons (Fsp3) is 0.438. The van der Waals surface area contributed by atoms with E-state index in [1.807, 2.05) is 13.8 Å². The van der Waals surface area contributed by atoms with Crippen LogP contribution in [-0.2, 0) is 20.9 Å². The average molecular weight is 332 g/mol. The Bertz CT molecular complexity index is 629. The van der Waals surface area contributed by atoms with Gasteiger partial charge in [0.2, 0.25) is 0 Å². The van der Waals surface area contributed by atoms with Gasteiger partial charge in [0, 0.05) is 6.07 Å². The Labute approximate surface area is 130 Å². The van der Waals surface area contributed by atoms with Crippen LogP contribution in [0.1, 0.15) is 19.4 Å². The first kappa shape index (κ1) is 17.3. The van der Waals surface area contributed by atoms with Gasteiger partial charge in [0.25, 0.3) is 0 Å². The highest BCUT2D eigenvalue weighted by Crippen LogP contribution is 2.59. The number of ether oxygens (including phenoxy) is 2. The van der Waals surface area contributed by atoms with E-state index in [0.717, 1.165) is 0 Å². The number of methoxy groups -OCH3 is 1. The van der Waals surface area contributed by atoms with Gasteiger partial charge in [-0.25, -0.2) is 17.6 Å². The summed E-state index contributed by atoms with van der Waals surface area (Å²) in [6.07, 6.45) is 3.12. The lowest BCUT2D eigenvalue weighted by Crippen LogP contribution is -2.13. The topological polar surface area (TPSA) is 35.5 Å². The van der Waals surface area contributed by atoms with Crippen LogP contribution in [0.25, 0.3) is 0 Å². The Morgan fingerprint density at radius 3 is 2.30 bits per heavy atom. The van der Waals surface area contributed by atoms with Crippen molar-refractivity contribution in [2.45, 2.75) is 20.5 Å². The number of allylic oxidation sites excluding steroid dienone is 1. The number of rotatable bonds is 5. The van der Waals surface area contributed by atoms with Gasteiger partial charge in [-0.15, -0.1) is 0 Å². The van der Waals surface area contributed by atoms with Crippen molar-refractivity contribution in [2.75, 3.05) is 7.11 Å². The SMILES string of the molecule is CO/C=C/[C@@H]1[C@@H](C(=O)OCc2c(F)c(F)cc(F)c2F)C1(C)C. The van der Waals surface area contributed by atoms with E-state index < -0.39 is 52.7 Å². The van der Waals surface area contributed by atoms with Gasteiger partial charge < -0.3 is 9.47 Å². The zero-order valence-corrected chi connectivity index (χ0v) is 12.8. The minimum Gasteiger partial charge on any atom is -0.505 e. The van der Waals surface area contributed by atoms with Crippen molar-refractivity contribution in [3.8, 4) is 0 Å². The summed E-state index contributed by atoms with van der Waals surface area (Å²) in [5.41, 5.74) is -1.34. The number of carbonyl (C=O) groups is 1. The Balaban J connectivity index is 2.08. The molecule has 2 rings (SSSR count). The van der Waals surface area contributed by atoms with Gasteiger partial charge in [0.1, 0.15) is 6.61 Å². The molecule has 1 aliphatic carbocycles. The molecule has 0 aliphatic heterocycles. The van der Waals surface area contributed by atoms with Gasteiger partial charge in [-0.3, -0.25) is 4.79 Å². The van der Waals surface area contributed by atoms with Crippen LogP contribution >= 0.6 is 0 Å². The van der Waals surface area contributed by atoms with Crippen LogP contribution in [0, 0.1) is 40.5 Å². The Hall–Kier alpha value is -2.05. The molecule has 1 saturated carbocycles. The van der Waals surface area contributed by atoms with E-state index in [4.69, 9.17) is 9.47 Å². The van der Waals surface area contributed by atoms with Gasteiger partial charge in [-0.1, -0.05) is 13.8 Å². The fourth-order valence-electron chi connectivity index (χ4n) is 2.63. The summed E-state index contributed by atoms with van der Waals surface area (Å²) in [6, 6.07) is 0.103. The van der Waals surface area contributed by atoms with Gasteiger partial charge in [0.05, 0.1) is 24.9 Å². The first-order valence-corrected chi connectivity index (χ1v) is 6.89. The van der Waals surface area contributed by atoms with E-state index in [1.165, 1.54) is 13.4 Å². The molecule has 0 heterocycles. The second-order valence-electron chi connectivity index (χ2n) is 5.94. The van der Waals surface area contributed by atoms with E-state index in [2.05, 4.69) is 0 Å². The van der Waals surface area contributed by atoms with Gasteiger partial charge >= 0.3 is 5.97 Å². The second kappa shape index (κ2) is 6.22. The van der Waals surface area contributed by atoms with E-state index in [9.17, 15) is 22.4 Å². The van der Waals surface area contributed by atoms with E-state index in [0.29, 0.717) is 0 Å². The highest BCUT2D eigenvalue weighted by atomic mass is 19.2. The minimum atomic E-state index is -1.57. The van der Waals surface area contributed by atoms with Crippen molar-refractivity contribution in [3.05, 3.63) is 47.2 Å². The van der Waals surface area contributed by atoms with Crippen LogP contribution in [0.3, 0.4) is 0 Å². The molecular weight excluding hydrogens is 316 g/mol. The molecule has 7 heteroatoms. The predicted octanol–water partition coefficient (Wildman–Crippen LogP) is 3.72. The van der Waals surface area contributed by atoms with E-state index >= 15 is 0 Å². The molecule has 0 N–H and O–H groups in total. The summed E-state index contributed by atoms with van der Waals surface area (Å²) in [6.45, 7) is 2.78. The lowest BCUT2D eigenvalue weighted by atomic mass is 10.1. The second-order valence-corrected chi connectivity index (χ2v) is 5.94. The lowest BCUT2D eigenvalue weighted by Gasteiger charge is -2.09. The van der Waals surface area contributed by atoms with Crippen molar-refractivity contribution in [3.63, 3.8) is 0 Å². The molecule has 0 radical (unpaired) electrons. The largest absolute Gasteiger partial charge is 0.505 e. The molecule has 1 aromatic rings. The highest BCUT2D eigenvalue weighted by Gasteiger charge is 2.61. The molecule has 2 atom stereocenters. The van der Waals surface area contributed by atoms with Crippen LogP contribution in [-0.4, -0.2) is 13.1 Å². The molecule has 0 spiro atoms. The van der Waals surface area contributed by atoms with Crippen molar-refractivity contribution in [1.82, 2.24) is 0 Å². The average Bonchev–Trinajstić information content (AvgIpc) is 3.04. The summed E-state index contributed by atoms with van der Waals surface area (Å²) in [5.74, 6) is -7.56. The number of benzene rings is 1. The first-order chi connectivity index (χ1) is 10.7. The molecule has 0 saturated heterocycles. The molecule has 126 valence electrons. The standard InChI is InChI=1S/C16H16F4O3/c1-16(2)9(4-5-22-3)12(16)15(21)23-7-8-13(19)10(17)6-11(18)14(8)20/h4-6,9,12H,7H2,1-3H3/b5-4+/t9-,12+/m1/s1. The fourth-order valence-corrected chi connectivity index (χ4v) is 2.63. The summed E-state index contributed by atoms with van der Waals surface area (Å²) in [7, 11) is 1.46. The van der Waals surface area contributed by atoms with Gasteiger partial charge in [0.15, 0.2) is 23.3 Å². The summed E-state index contributed by atoms with van der Waals surface area (Å²) < 4.78 is 62.8. The van der Waals surface area contributed by atoms with Crippen LogP contribution in [0.4, 0.5) is 17.6 Å². The molecule has 1 aromatic carbocycles.